The van der Waals surface area contributed by atoms with Crippen molar-refractivity contribution in [3.8, 4) is 5.88 Å². The number of nitrogens with two attached hydrogens (primary N) is 1. The predicted molar refractivity (Wildman–Crippen MR) is 114 cm³/mol. The Kier molecular flexibility index (Phi) is 7.87. The van der Waals surface area contributed by atoms with Crippen LogP contribution in [0.1, 0.15) is 34.3 Å². The molecule has 0 fully saturated rings. The molecule has 13 heteroatoms. The monoisotopic (exact) mass is 482 g/mol. The Morgan fingerprint density at radius 2 is 2.03 bits per heavy atom. The fourth-order valence-electron chi connectivity index (χ4n) is 2.89. The summed E-state index contributed by atoms with van der Waals surface area (Å²) < 4.78 is 52.8. The van der Waals surface area contributed by atoms with E-state index < -0.39 is 41.6 Å². The molecule has 0 aliphatic rings. The highest BCUT2D eigenvalue weighted by molar-refractivity contribution is 7.11. The van der Waals surface area contributed by atoms with Crippen LogP contribution >= 0.6 is 11.5 Å². The molecule has 0 spiro atoms. The molecule has 2 aromatic heterocycles. The van der Waals surface area contributed by atoms with Gasteiger partial charge in [-0.05, 0) is 42.9 Å². The first-order valence-corrected chi connectivity index (χ1v) is 10.6. The maximum atomic E-state index is 14.0. The lowest BCUT2D eigenvalue weighted by atomic mass is 10.1. The largest absolute Gasteiger partial charge is 0.471 e. The van der Waals surface area contributed by atoms with Gasteiger partial charge < -0.3 is 20.4 Å². The Balaban J connectivity index is 1.57. The topological polar surface area (TPSA) is 124 Å². The number of nitrogens with zero attached hydrogens (tertiary/aromatic N) is 3. The van der Waals surface area contributed by atoms with Gasteiger partial charge in [0.25, 0.3) is 5.91 Å². The maximum absolute atomic E-state index is 14.0. The van der Waals surface area contributed by atoms with Crippen LogP contribution in [0.5, 0.6) is 5.88 Å². The van der Waals surface area contributed by atoms with E-state index in [0.29, 0.717) is 24.5 Å². The Bertz CT molecular complexity index is 1140. The smallest absolute Gasteiger partial charge is 0.319 e. The minimum absolute atomic E-state index is 0.00412. The molecule has 3 aromatic rings. The number of hydrogen-bond acceptors (Lipinski definition) is 6. The number of benzene rings is 1. The van der Waals surface area contributed by atoms with E-state index in [1.165, 1.54) is 6.92 Å². The van der Waals surface area contributed by atoms with Crippen LogP contribution in [-0.2, 0) is 13.2 Å². The number of hydrogen-bond donors (Lipinski definition) is 3. The molecule has 1 aromatic carbocycles. The molecule has 0 saturated carbocycles. The van der Waals surface area contributed by atoms with Crippen molar-refractivity contribution in [2.75, 3.05) is 11.9 Å². The van der Waals surface area contributed by atoms with E-state index in [9.17, 15) is 22.8 Å². The highest BCUT2D eigenvalue weighted by Crippen LogP contribution is 2.31. The van der Waals surface area contributed by atoms with E-state index in [1.807, 2.05) is 10.8 Å². The van der Waals surface area contributed by atoms with Gasteiger partial charge in [-0.1, -0.05) is 0 Å². The van der Waals surface area contributed by atoms with E-state index in [2.05, 4.69) is 20.0 Å². The third kappa shape index (κ3) is 6.00. The number of halogens is 3. The molecule has 0 bridgehead atoms. The number of nitrogens with one attached hydrogen (secondary N) is 2. The van der Waals surface area contributed by atoms with Crippen molar-refractivity contribution in [2.24, 2.45) is 5.73 Å². The number of imidazole rings is 1. The number of primary amides is 1. The zero-order chi connectivity index (χ0) is 24.0. The van der Waals surface area contributed by atoms with E-state index in [4.69, 9.17) is 10.5 Å². The second kappa shape index (κ2) is 10.8. The molecule has 9 nitrogen and oxygen atoms in total. The summed E-state index contributed by atoms with van der Waals surface area (Å²) in [6.45, 7) is 1.63. The van der Waals surface area contributed by atoms with Crippen molar-refractivity contribution in [2.45, 2.75) is 32.9 Å². The number of aryl methyl sites for hydroxylation is 2. The van der Waals surface area contributed by atoms with E-state index in [-0.39, 0.29) is 22.0 Å². The summed E-state index contributed by atoms with van der Waals surface area (Å²) in [6.07, 6.45) is 6.74. The van der Waals surface area contributed by atoms with Crippen molar-refractivity contribution < 1.29 is 27.5 Å². The van der Waals surface area contributed by atoms with E-state index in [0.717, 1.165) is 19.0 Å². The number of urea groups is 1. The number of anilines is 1. The Hall–Kier alpha value is -3.61. The van der Waals surface area contributed by atoms with Crippen molar-refractivity contribution in [3.05, 3.63) is 58.9 Å². The van der Waals surface area contributed by atoms with Gasteiger partial charge in [0.2, 0.25) is 5.88 Å². The van der Waals surface area contributed by atoms with Crippen molar-refractivity contribution >= 4 is 28.5 Å². The SMILES string of the molecule is Cc1cc(F)c(COc2nsc(NC(=O)NCCCCn3ccnc3)c2C(N)=O)c(F)c1F. The lowest BCUT2D eigenvalue weighted by Gasteiger charge is -2.10. The van der Waals surface area contributed by atoms with Gasteiger partial charge in [0, 0.05) is 25.5 Å². The van der Waals surface area contributed by atoms with Crippen molar-refractivity contribution in [1.82, 2.24) is 19.2 Å². The standard InChI is InChI=1S/C20H21F3N6O3S/c1-11-8-13(21)12(16(23)15(11)22)9-32-18-14(17(24)30)19(33-28-18)27-20(31)26-4-2-3-6-29-7-5-25-10-29/h5,7-8,10H,2-4,6,9H2,1H3,(H2,24,30)(H2,26,27,31). The molecule has 0 radical (unpaired) electrons. The lowest BCUT2D eigenvalue weighted by molar-refractivity contribution is 0.0996. The van der Waals surface area contributed by atoms with Gasteiger partial charge in [-0.2, -0.15) is 4.37 Å². The lowest BCUT2D eigenvalue weighted by Crippen LogP contribution is -2.30. The molecule has 0 aliphatic heterocycles. The van der Waals surface area contributed by atoms with Gasteiger partial charge in [-0.25, -0.2) is 22.9 Å². The Labute approximate surface area is 190 Å². The molecule has 0 unspecified atom stereocenters. The third-order valence-corrected chi connectivity index (χ3v) is 5.36. The molecule has 3 amide bonds. The molecule has 2 heterocycles. The third-order valence-electron chi connectivity index (χ3n) is 4.61. The number of amides is 3. The summed E-state index contributed by atoms with van der Waals surface area (Å²) in [7, 11) is 0. The van der Waals surface area contributed by atoms with Gasteiger partial charge in [0.15, 0.2) is 11.6 Å². The number of ether oxygens (including phenoxy) is 1. The van der Waals surface area contributed by atoms with Crippen LogP contribution in [0.2, 0.25) is 0 Å². The van der Waals surface area contributed by atoms with Gasteiger partial charge in [-0.3, -0.25) is 10.1 Å². The minimum Gasteiger partial charge on any atom is -0.471 e. The average Bonchev–Trinajstić information content (AvgIpc) is 3.42. The summed E-state index contributed by atoms with van der Waals surface area (Å²) in [4.78, 5) is 27.9. The van der Waals surface area contributed by atoms with Crippen LogP contribution in [0, 0.1) is 24.4 Å². The number of carbonyl (C=O) groups excluding carboxylic acids is 2. The number of aromatic nitrogens is 3. The zero-order valence-corrected chi connectivity index (χ0v) is 18.3. The maximum Gasteiger partial charge on any atom is 0.319 e. The molecule has 3 rings (SSSR count). The summed E-state index contributed by atoms with van der Waals surface area (Å²) in [6, 6.07) is 0.243. The summed E-state index contributed by atoms with van der Waals surface area (Å²) in [5.74, 6) is -4.90. The molecule has 0 atom stereocenters. The van der Waals surface area contributed by atoms with Crippen LogP contribution in [0.25, 0.3) is 0 Å². The van der Waals surface area contributed by atoms with Gasteiger partial charge >= 0.3 is 6.03 Å². The van der Waals surface area contributed by atoms with Crippen LogP contribution < -0.4 is 21.1 Å². The van der Waals surface area contributed by atoms with Crippen LogP contribution in [0.15, 0.2) is 24.8 Å². The zero-order valence-electron chi connectivity index (χ0n) is 17.5. The van der Waals surface area contributed by atoms with E-state index >= 15 is 0 Å². The quantitative estimate of drug-likeness (QED) is 0.302. The first kappa shape index (κ1) is 24.0. The normalized spacial score (nSPS) is 10.8. The van der Waals surface area contributed by atoms with Crippen molar-refractivity contribution in [3.63, 3.8) is 0 Å². The molecule has 33 heavy (non-hydrogen) atoms. The summed E-state index contributed by atoms with van der Waals surface area (Å²) in [5, 5.41) is 5.10. The van der Waals surface area contributed by atoms with Crippen LogP contribution in [0.3, 0.4) is 0 Å². The second-order valence-corrected chi connectivity index (χ2v) is 7.79. The summed E-state index contributed by atoms with van der Waals surface area (Å²) in [5.41, 5.74) is 4.24. The fraction of sp³-hybridized carbons (Fsp3) is 0.300. The predicted octanol–water partition coefficient (Wildman–Crippen LogP) is 3.35. The molecule has 0 saturated heterocycles. The van der Waals surface area contributed by atoms with Crippen LogP contribution in [0.4, 0.5) is 23.0 Å². The fourth-order valence-corrected chi connectivity index (χ4v) is 3.62. The number of unbranched alkanes of at least 4 members (excludes halogenated alkanes) is 1. The Morgan fingerprint density at radius 1 is 1.24 bits per heavy atom. The molecular formula is C20H21F3N6O3S. The first-order chi connectivity index (χ1) is 15.8. The van der Waals surface area contributed by atoms with Gasteiger partial charge in [0.1, 0.15) is 23.0 Å². The molecule has 0 aliphatic carbocycles. The highest BCUT2D eigenvalue weighted by Gasteiger charge is 2.24. The highest BCUT2D eigenvalue weighted by atomic mass is 32.1. The molecule has 4 N–H and O–H groups in total. The van der Waals surface area contributed by atoms with Crippen LogP contribution in [-0.4, -0.2) is 32.4 Å². The Morgan fingerprint density at radius 3 is 2.73 bits per heavy atom. The van der Waals surface area contributed by atoms with Gasteiger partial charge in [0.05, 0.1) is 11.9 Å². The second-order valence-electron chi connectivity index (χ2n) is 7.02. The van der Waals surface area contributed by atoms with Crippen molar-refractivity contribution in [1.29, 1.82) is 0 Å². The minimum atomic E-state index is -1.39. The van der Waals surface area contributed by atoms with E-state index in [1.54, 1.807) is 12.5 Å². The summed E-state index contributed by atoms with van der Waals surface area (Å²) >= 11 is 0.704. The van der Waals surface area contributed by atoms with Gasteiger partial charge in [-0.15, -0.1) is 0 Å². The number of carbonyl (C=O) groups is 2. The number of rotatable bonds is 10. The average molecular weight is 482 g/mol. The molecular weight excluding hydrogens is 461 g/mol. The molecule has 176 valence electrons. The first-order valence-electron chi connectivity index (χ1n) is 9.83.